The fourth-order valence-corrected chi connectivity index (χ4v) is 2.25. The minimum atomic E-state index is 0.680. The minimum Gasteiger partial charge on any atom is -0.369 e. The monoisotopic (exact) mass is 320 g/mol. The third-order valence-corrected chi connectivity index (χ3v) is 3.51. The van der Waals surface area contributed by atoms with Gasteiger partial charge in [0.2, 0.25) is 0 Å². The van der Waals surface area contributed by atoms with Crippen LogP contribution in [0.2, 0.25) is 0 Å². The molecule has 0 aromatic carbocycles. The Hall–Kier alpha value is -2.86. The van der Waals surface area contributed by atoms with Crippen molar-refractivity contribution >= 4 is 5.82 Å². The lowest BCUT2D eigenvalue weighted by Gasteiger charge is -2.13. The zero-order chi connectivity index (χ0) is 16.8. The quantitative estimate of drug-likeness (QED) is 0.753. The number of aromatic nitrogens is 4. The van der Waals surface area contributed by atoms with E-state index in [1.165, 1.54) is 0 Å². The molecule has 3 aromatic heterocycles. The summed E-state index contributed by atoms with van der Waals surface area (Å²) < 4.78 is 0. The van der Waals surface area contributed by atoms with Crippen molar-refractivity contribution in [1.29, 1.82) is 0 Å². The van der Waals surface area contributed by atoms with Gasteiger partial charge in [-0.15, -0.1) is 0 Å². The summed E-state index contributed by atoms with van der Waals surface area (Å²) in [4.78, 5) is 19.6. The van der Waals surface area contributed by atoms with Crippen molar-refractivity contribution in [3.05, 3.63) is 55.1 Å². The zero-order valence-electron chi connectivity index (χ0n) is 13.8. The third-order valence-electron chi connectivity index (χ3n) is 3.51. The molecule has 6 nitrogen and oxygen atoms in total. The van der Waals surface area contributed by atoms with Crippen LogP contribution in [0, 0.1) is 0 Å². The zero-order valence-corrected chi connectivity index (χ0v) is 13.8. The SMILES string of the molecule is CN(C)CCNc1cc(-c2ccncc2)nc(-c2ccncc2)n1. The first-order valence-electron chi connectivity index (χ1n) is 7.81. The maximum absolute atomic E-state index is 4.70. The highest BCUT2D eigenvalue weighted by Crippen LogP contribution is 2.23. The van der Waals surface area contributed by atoms with Gasteiger partial charge >= 0.3 is 0 Å². The molecule has 0 aliphatic heterocycles. The largest absolute Gasteiger partial charge is 0.369 e. The number of rotatable bonds is 6. The van der Waals surface area contributed by atoms with E-state index in [-0.39, 0.29) is 0 Å². The Bertz CT molecular complexity index is 716. The van der Waals surface area contributed by atoms with Crippen LogP contribution in [0.15, 0.2) is 55.1 Å². The first kappa shape index (κ1) is 16.0. The highest BCUT2D eigenvalue weighted by molar-refractivity contribution is 5.66. The topological polar surface area (TPSA) is 66.8 Å². The Labute approximate surface area is 141 Å². The second-order valence-corrected chi connectivity index (χ2v) is 5.66. The molecule has 0 saturated heterocycles. The molecule has 3 heterocycles. The lowest BCUT2D eigenvalue weighted by molar-refractivity contribution is 0.425. The molecule has 0 amide bonds. The van der Waals surface area contributed by atoms with E-state index in [4.69, 9.17) is 4.98 Å². The summed E-state index contributed by atoms with van der Waals surface area (Å²) in [7, 11) is 4.10. The lowest BCUT2D eigenvalue weighted by atomic mass is 10.1. The molecule has 0 radical (unpaired) electrons. The molecule has 0 saturated carbocycles. The summed E-state index contributed by atoms with van der Waals surface area (Å²) in [6.07, 6.45) is 7.03. The molecular weight excluding hydrogens is 300 g/mol. The number of anilines is 1. The molecule has 0 unspecified atom stereocenters. The van der Waals surface area contributed by atoms with Gasteiger partial charge < -0.3 is 10.2 Å². The summed E-state index contributed by atoms with van der Waals surface area (Å²) in [6, 6.07) is 9.69. The Morgan fingerprint density at radius 1 is 0.875 bits per heavy atom. The van der Waals surface area contributed by atoms with Gasteiger partial charge in [-0.2, -0.15) is 0 Å². The van der Waals surface area contributed by atoms with Crippen LogP contribution < -0.4 is 5.32 Å². The fraction of sp³-hybridized carbons (Fsp3) is 0.222. The van der Waals surface area contributed by atoms with Gasteiger partial charge in [0, 0.05) is 55.1 Å². The molecule has 0 spiro atoms. The minimum absolute atomic E-state index is 0.680. The molecule has 0 aliphatic rings. The summed E-state index contributed by atoms with van der Waals surface area (Å²) in [5, 5.41) is 3.37. The fourth-order valence-electron chi connectivity index (χ4n) is 2.25. The van der Waals surface area contributed by atoms with Crippen molar-refractivity contribution in [3.8, 4) is 22.6 Å². The standard InChI is InChI=1S/C18H20N6/c1-24(2)12-11-21-17-13-16(14-3-7-19-8-4-14)22-18(23-17)15-5-9-20-10-6-15/h3-10,13H,11-12H2,1-2H3,(H,21,22,23). The van der Waals surface area contributed by atoms with Gasteiger partial charge in [-0.25, -0.2) is 9.97 Å². The molecule has 3 rings (SSSR count). The number of nitrogens with zero attached hydrogens (tertiary/aromatic N) is 5. The Morgan fingerprint density at radius 2 is 1.50 bits per heavy atom. The van der Waals surface area contributed by atoms with E-state index < -0.39 is 0 Å². The van der Waals surface area contributed by atoms with E-state index in [0.717, 1.165) is 35.7 Å². The van der Waals surface area contributed by atoms with Gasteiger partial charge in [0.05, 0.1) is 5.69 Å². The number of likely N-dealkylation sites (N-methyl/N-ethyl adjacent to an activating group) is 1. The predicted molar refractivity (Wildman–Crippen MR) is 95.5 cm³/mol. The van der Waals surface area contributed by atoms with Crippen LogP contribution in [0.4, 0.5) is 5.82 Å². The first-order chi connectivity index (χ1) is 11.7. The van der Waals surface area contributed by atoms with Gasteiger partial charge in [0.15, 0.2) is 5.82 Å². The summed E-state index contributed by atoms with van der Waals surface area (Å²) in [5.74, 6) is 1.49. The molecule has 3 aromatic rings. The van der Waals surface area contributed by atoms with Crippen LogP contribution in [0.5, 0.6) is 0 Å². The normalized spacial score (nSPS) is 10.8. The van der Waals surface area contributed by atoms with Gasteiger partial charge in [-0.1, -0.05) is 0 Å². The van der Waals surface area contributed by atoms with Crippen LogP contribution in [-0.2, 0) is 0 Å². The van der Waals surface area contributed by atoms with Crippen molar-refractivity contribution in [2.24, 2.45) is 0 Å². The molecule has 0 atom stereocenters. The summed E-state index contributed by atoms with van der Waals surface area (Å²) in [5.41, 5.74) is 2.82. The van der Waals surface area contributed by atoms with Crippen LogP contribution in [0.25, 0.3) is 22.6 Å². The number of hydrogen-bond donors (Lipinski definition) is 1. The molecule has 6 heteroatoms. The summed E-state index contributed by atoms with van der Waals surface area (Å²) in [6.45, 7) is 1.74. The van der Waals surface area contributed by atoms with E-state index in [2.05, 4.69) is 25.2 Å². The molecule has 0 fully saturated rings. The smallest absolute Gasteiger partial charge is 0.162 e. The van der Waals surface area contributed by atoms with Gasteiger partial charge in [0.1, 0.15) is 5.82 Å². The Balaban J connectivity index is 1.96. The highest BCUT2D eigenvalue weighted by Gasteiger charge is 2.08. The van der Waals surface area contributed by atoms with Crippen LogP contribution in [-0.4, -0.2) is 52.0 Å². The second kappa shape index (κ2) is 7.61. The van der Waals surface area contributed by atoms with Crippen molar-refractivity contribution in [2.75, 3.05) is 32.5 Å². The van der Waals surface area contributed by atoms with E-state index >= 15 is 0 Å². The number of hydrogen-bond acceptors (Lipinski definition) is 6. The first-order valence-corrected chi connectivity index (χ1v) is 7.81. The van der Waals surface area contributed by atoms with E-state index in [0.29, 0.717) is 5.82 Å². The van der Waals surface area contributed by atoms with Gasteiger partial charge in [-0.3, -0.25) is 9.97 Å². The van der Waals surface area contributed by atoms with Crippen LogP contribution in [0.1, 0.15) is 0 Å². The molecule has 122 valence electrons. The number of pyridine rings is 2. The second-order valence-electron chi connectivity index (χ2n) is 5.66. The molecule has 0 aliphatic carbocycles. The molecule has 1 N–H and O–H groups in total. The van der Waals surface area contributed by atoms with Gasteiger partial charge in [0.25, 0.3) is 0 Å². The lowest BCUT2D eigenvalue weighted by Crippen LogP contribution is -2.21. The number of nitrogens with one attached hydrogen (secondary N) is 1. The Morgan fingerprint density at radius 3 is 2.12 bits per heavy atom. The molecular formula is C18H20N6. The van der Waals surface area contributed by atoms with Crippen molar-refractivity contribution in [3.63, 3.8) is 0 Å². The van der Waals surface area contributed by atoms with Crippen LogP contribution >= 0.6 is 0 Å². The van der Waals surface area contributed by atoms with E-state index in [1.807, 2.05) is 44.4 Å². The van der Waals surface area contributed by atoms with Crippen molar-refractivity contribution < 1.29 is 0 Å². The van der Waals surface area contributed by atoms with Crippen molar-refractivity contribution in [1.82, 2.24) is 24.8 Å². The average molecular weight is 320 g/mol. The third kappa shape index (κ3) is 4.11. The Kier molecular flexibility index (Phi) is 5.08. The highest BCUT2D eigenvalue weighted by atomic mass is 15.1. The maximum Gasteiger partial charge on any atom is 0.162 e. The van der Waals surface area contributed by atoms with Crippen LogP contribution in [0.3, 0.4) is 0 Å². The molecule has 0 bridgehead atoms. The van der Waals surface area contributed by atoms with Gasteiger partial charge in [-0.05, 0) is 38.4 Å². The van der Waals surface area contributed by atoms with Crippen molar-refractivity contribution in [2.45, 2.75) is 0 Å². The average Bonchev–Trinajstić information content (AvgIpc) is 2.63. The predicted octanol–water partition coefficient (Wildman–Crippen LogP) is 2.57. The van der Waals surface area contributed by atoms with E-state index in [9.17, 15) is 0 Å². The molecule has 24 heavy (non-hydrogen) atoms. The van der Waals surface area contributed by atoms with E-state index in [1.54, 1.807) is 24.8 Å². The summed E-state index contributed by atoms with van der Waals surface area (Å²) >= 11 is 0. The maximum atomic E-state index is 4.70.